The molecule has 16 heavy (non-hydrogen) atoms. The van der Waals surface area contributed by atoms with Crippen LogP contribution in [0.3, 0.4) is 0 Å². The van der Waals surface area contributed by atoms with E-state index in [0.29, 0.717) is 5.82 Å². The van der Waals surface area contributed by atoms with E-state index >= 15 is 0 Å². The SMILES string of the molecule is CCc1nc(N)c(C)c(-n2cc(C)cn2)n1. The number of rotatable bonds is 2. The zero-order chi connectivity index (χ0) is 11.7. The summed E-state index contributed by atoms with van der Waals surface area (Å²) in [5.74, 6) is 2.03. The van der Waals surface area contributed by atoms with Crippen LogP contribution in [0.15, 0.2) is 12.4 Å². The molecule has 0 aliphatic carbocycles. The van der Waals surface area contributed by atoms with Gasteiger partial charge in [0.2, 0.25) is 0 Å². The molecule has 2 heterocycles. The van der Waals surface area contributed by atoms with Gasteiger partial charge < -0.3 is 5.73 Å². The summed E-state index contributed by atoms with van der Waals surface area (Å²) in [5.41, 5.74) is 7.80. The van der Waals surface area contributed by atoms with Gasteiger partial charge in [0.1, 0.15) is 11.6 Å². The Hall–Kier alpha value is -1.91. The maximum absolute atomic E-state index is 5.85. The second-order valence-electron chi connectivity index (χ2n) is 3.79. The topological polar surface area (TPSA) is 69.6 Å². The molecule has 2 N–H and O–H groups in total. The molecule has 2 rings (SSSR count). The van der Waals surface area contributed by atoms with Crippen LogP contribution in [-0.2, 0) is 6.42 Å². The zero-order valence-corrected chi connectivity index (χ0v) is 9.73. The summed E-state index contributed by atoms with van der Waals surface area (Å²) in [6.07, 6.45) is 4.48. The molecular weight excluding hydrogens is 202 g/mol. The second kappa shape index (κ2) is 3.92. The number of nitrogen functional groups attached to an aromatic ring is 1. The minimum absolute atomic E-state index is 0.523. The standard InChI is InChI=1S/C11H15N5/c1-4-9-14-10(12)8(3)11(15-9)16-6-7(2)5-13-16/h5-6H,4H2,1-3H3,(H2,12,14,15). The highest BCUT2D eigenvalue weighted by Gasteiger charge is 2.10. The summed E-state index contributed by atoms with van der Waals surface area (Å²) in [6.45, 7) is 5.90. The third kappa shape index (κ3) is 1.76. The molecule has 0 amide bonds. The van der Waals surface area contributed by atoms with Gasteiger partial charge in [-0.05, 0) is 19.4 Å². The first-order valence-corrected chi connectivity index (χ1v) is 5.26. The summed E-state index contributed by atoms with van der Waals surface area (Å²) >= 11 is 0. The van der Waals surface area contributed by atoms with Crippen molar-refractivity contribution in [2.75, 3.05) is 5.73 Å². The van der Waals surface area contributed by atoms with Crippen molar-refractivity contribution < 1.29 is 0 Å². The molecule has 0 bridgehead atoms. The molecule has 0 saturated carbocycles. The van der Waals surface area contributed by atoms with E-state index in [1.165, 1.54) is 0 Å². The Morgan fingerprint density at radius 3 is 2.62 bits per heavy atom. The Bertz CT molecular complexity index is 515. The minimum Gasteiger partial charge on any atom is -0.383 e. The molecule has 0 spiro atoms. The minimum atomic E-state index is 0.523. The lowest BCUT2D eigenvalue weighted by Crippen LogP contribution is -2.09. The van der Waals surface area contributed by atoms with Crippen molar-refractivity contribution in [3.8, 4) is 5.82 Å². The summed E-state index contributed by atoms with van der Waals surface area (Å²) in [6, 6.07) is 0. The summed E-state index contributed by atoms with van der Waals surface area (Å²) in [7, 11) is 0. The average Bonchev–Trinajstić information content (AvgIpc) is 2.68. The van der Waals surface area contributed by atoms with E-state index in [1.807, 2.05) is 27.0 Å². The lowest BCUT2D eigenvalue weighted by Gasteiger charge is -2.08. The summed E-state index contributed by atoms with van der Waals surface area (Å²) in [4.78, 5) is 8.65. The zero-order valence-electron chi connectivity index (χ0n) is 9.73. The van der Waals surface area contributed by atoms with E-state index in [-0.39, 0.29) is 0 Å². The lowest BCUT2D eigenvalue weighted by molar-refractivity contribution is 0.805. The molecule has 0 radical (unpaired) electrons. The van der Waals surface area contributed by atoms with Crippen LogP contribution < -0.4 is 5.73 Å². The first-order chi connectivity index (χ1) is 7.61. The van der Waals surface area contributed by atoms with Crippen LogP contribution in [0.2, 0.25) is 0 Å². The lowest BCUT2D eigenvalue weighted by atomic mass is 10.3. The first kappa shape index (κ1) is 10.6. The molecule has 5 nitrogen and oxygen atoms in total. The molecule has 0 fully saturated rings. The third-order valence-electron chi connectivity index (χ3n) is 2.45. The van der Waals surface area contributed by atoms with Gasteiger partial charge in [0.05, 0.1) is 6.20 Å². The number of aryl methyl sites for hydroxylation is 2. The summed E-state index contributed by atoms with van der Waals surface area (Å²) in [5, 5.41) is 4.23. The number of anilines is 1. The molecule has 0 unspecified atom stereocenters. The molecule has 5 heteroatoms. The van der Waals surface area contributed by atoms with Gasteiger partial charge in [0.15, 0.2) is 5.82 Å². The Balaban J connectivity index is 2.59. The highest BCUT2D eigenvalue weighted by molar-refractivity contribution is 5.48. The van der Waals surface area contributed by atoms with Crippen LogP contribution in [0.1, 0.15) is 23.9 Å². The predicted molar refractivity (Wildman–Crippen MR) is 62.4 cm³/mol. The number of aromatic nitrogens is 4. The maximum atomic E-state index is 5.85. The average molecular weight is 217 g/mol. The van der Waals surface area contributed by atoms with Crippen LogP contribution in [0, 0.1) is 13.8 Å². The van der Waals surface area contributed by atoms with Crippen molar-refractivity contribution in [3.63, 3.8) is 0 Å². The molecule has 0 aliphatic rings. The monoisotopic (exact) mass is 217 g/mol. The van der Waals surface area contributed by atoms with Gasteiger partial charge in [0.25, 0.3) is 0 Å². The van der Waals surface area contributed by atoms with Gasteiger partial charge in [0, 0.05) is 18.2 Å². The highest BCUT2D eigenvalue weighted by Crippen LogP contribution is 2.16. The molecule has 2 aromatic heterocycles. The third-order valence-corrected chi connectivity index (χ3v) is 2.45. The van der Waals surface area contributed by atoms with Crippen molar-refractivity contribution in [3.05, 3.63) is 29.3 Å². The van der Waals surface area contributed by atoms with Gasteiger partial charge >= 0.3 is 0 Å². The van der Waals surface area contributed by atoms with E-state index in [4.69, 9.17) is 5.73 Å². The molecule has 0 saturated heterocycles. The van der Waals surface area contributed by atoms with Gasteiger partial charge in [-0.1, -0.05) is 6.92 Å². The quantitative estimate of drug-likeness (QED) is 0.826. The Labute approximate surface area is 94.3 Å². The molecule has 0 aromatic carbocycles. The molecule has 0 atom stereocenters. The highest BCUT2D eigenvalue weighted by atomic mass is 15.3. The first-order valence-electron chi connectivity index (χ1n) is 5.26. The van der Waals surface area contributed by atoms with Crippen molar-refractivity contribution in [2.24, 2.45) is 0 Å². The molecule has 84 valence electrons. The second-order valence-corrected chi connectivity index (χ2v) is 3.79. The van der Waals surface area contributed by atoms with E-state index in [1.54, 1.807) is 10.9 Å². The van der Waals surface area contributed by atoms with Crippen LogP contribution in [0.4, 0.5) is 5.82 Å². The summed E-state index contributed by atoms with van der Waals surface area (Å²) < 4.78 is 1.74. The van der Waals surface area contributed by atoms with Crippen LogP contribution in [-0.4, -0.2) is 19.7 Å². The van der Waals surface area contributed by atoms with Gasteiger partial charge in [-0.25, -0.2) is 14.6 Å². The fraction of sp³-hybridized carbons (Fsp3) is 0.364. The van der Waals surface area contributed by atoms with Crippen molar-refractivity contribution in [1.29, 1.82) is 0 Å². The van der Waals surface area contributed by atoms with Crippen LogP contribution in [0.5, 0.6) is 0 Å². The van der Waals surface area contributed by atoms with Gasteiger partial charge in [-0.2, -0.15) is 5.10 Å². The Morgan fingerprint density at radius 1 is 1.31 bits per heavy atom. The van der Waals surface area contributed by atoms with Crippen molar-refractivity contribution in [1.82, 2.24) is 19.7 Å². The Morgan fingerprint density at radius 2 is 2.06 bits per heavy atom. The van der Waals surface area contributed by atoms with Crippen LogP contribution in [0.25, 0.3) is 5.82 Å². The largest absolute Gasteiger partial charge is 0.383 e. The molecule has 2 aromatic rings. The number of nitrogens with two attached hydrogens (primary N) is 1. The van der Waals surface area contributed by atoms with Crippen molar-refractivity contribution in [2.45, 2.75) is 27.2 Å². The van der Waals surface area contributed by atoms with E-state index in [2.05, 4.69) is 15.1 Å². The van der Waals surface area contributed by atoms with E-state index in [9.17, 15) is 0 Å². The van der Waals surface area contributed by atoms with E-state index in [0.717, 1.165) is 29.2 Å². The van der Waals surface area contributed by atoms with E-state index < -0.39 is 0 Å². The molecular formula is C11H15N5. The maximum Gasteiger partial charge on any atom is 0.162 e. The van der Waals surface area contributed by atoms with Gasteiger partial charge in [-0.3, -0.25) is 0 Å². The molecule has 0 aliphatic heterocycles. The van der Waals surface area contributed by atoms with Gasteiger partial charge in [-0.15, -0.1) is 0 Å². The predicted octanol–water partition coefficient (Wildman–Crippen LogP) is 1.42. The number of nitrogens with zero attached hydrogens (tertiary/aromatic N) is 4. The normalized spacial score (nSPS) is 10.7. The number of hydrogen-bond acceptors (Lipinski definition) is 4. The smallest absolute Gasteiger partial charge is 0.162 e. The van der Waals surface area contributed by atoms with Crippen molar-refractivity contribution >= 4 is 5.82 Å². The number of hydrogen-bond donors (Lipinski definition) is 1. The fourth-order valence-corrected chi connectivity index (χ4v) is 1.48. The fourth-order valence-electron chi connectivity index (χ4n) is 1.48. The van der Waals surface area contributed by atoms with Crippen LogP contribution >= 0.6 is 0 Å². The Kier molecular flexibility index (Phi) is 2.60.